The van der Waals surface area contributed by atoms with Crippen LogP contribution in [-0.4, -0.2) is 76.8 Å². The molecule has 1 N–H and O–H groups in total. The number of piperazine rings is 1. The van der Waals surface area contributed by atoms with Gasteiger partial charge in [0.2, 0.25) is 0 Å². The van der Waals surface area contributed by atoms with Crippen LogP contribution in [0.2, 0.25) is 0 Å². The van der Waals surface area contributed by atoms with Gasteiger partial charge in [-0.2, -0.15) is 0 Å². The van der Waals surface area contributed by atoms with Crippen molar-refractivity contribution in [3.63, 3.8) is 0 Å². The summed E-state index contributed by atoms with van der Waals surface area (Å²) in [5.74, 6) is -0.788. The minimum Gasteiger partial charge on any atom is -0.331 e. The van der Waals surface area contributed by atoms with Crippen molar-refractivity contribution in [2.45, 2.75) is 49.4 Å². The van der Waals surface area contributed by atoms with Crippen molar-refractivity contribution in [1.29, 1.82) is 0 Å². The normalized spacial score (nSPS) is 28.3. The van der Waals surface area contributed by atoms with Crippen LogP contribution in [0.3, 0.4) is 0 Å². The number of amides is 2. The van der Waals surface area contributed by atoms with Crippen LogP contribution in [0, 0.1) is 0 Å². The van der Waals surface area contributed by atoms with Crippen LogP contribution in [0.4, 0.5) is 0 Å². The molecule has 3 saturated heterocycles. The van der Waals surface area contributed by atoms with E-state index in [-0.39, 0.29) is 29.5 Å². The molecular weight excluding hydrogens is 412 g/mol. The second-order valence-corrected chi connectivity index (χ2v) is 9.64. The van der Waals surface area contributed by atoms with E-state index >= 15 is 0 Å². The van der Waals surface area contributed by atoms with Crippen molar-refractivity contribution in [3.05, 3.63) is 48.0 Å². The van der Waals surface area contributed by atoms with Crippen molar-refractivity contribution in [1.82, 2.24) is 20.0 Å². The van der Waals surface area contributed by atoms with Gasteiger partial charge in [-0.3, -0.25) is 19.8 Å². The van der Waals surface area contributed by atoms with Crippen molar-refractivity contribution in [2.75, 3.05) is 26.7 Å². The number of likely N-dealkylation sites (tertiary alicyclic amines) is 1. The number of halogens is 1. The number of carbonyl (C=O) groups excluding carboxylic acids is 2. The Morgan fingerprint density at radius 2 is 1.77 bits per heavy atom. The SMILES string of the molecule is CN1C(=O)C(=O)N(C2CCN(Cc3cccc4ccccc34)CC2)C2NCC(Cl)CC21. The molecule has 3 heterocycles. The van der Waals surface area contributed by atoms with E-state index in [1.807, 2.05) is 4.90 Å². The van der Waals surface area contributed by atoms with Gasteiger partial charge in [0.25, 0.3) is 0 Å². The molecule has 164 valence electrons. The lowest BCUT2D eigenvalue weighted by Crippen LogP contribution is -2.73. The van der Waals surface area contributed by atoms with Crippen molar-refractivity contribution in [3.8, 4) is 0 Å². The fourth-order valence-electron chi connectivity index (χ4n) is 5.47. The monoisotopic (exact) mass is 440 g/mol. The molecule has 3 atom stereocenters. The van der Waals surface area contributed by atoms with E-state index in [4.69, 9.17) is 11.6 Å². The first-order chi connectivity index (χ1) is 15.0. The summed E-state index contributed by atoms with van der Waals surface area (Å²) in [7, 11) is 1.72. The second kappa shape index (κ2) is 8.41. The van der Waals surface area contributed by atoms with Gasteiger partial charge in [0.05, 0.1) is 6.04 Å². The van der Waals surface area contributed by atoms with Crippen LogP contribution in [0.1, 0.15) is 24.8 Å². The molecular formula is C24H29ClN4O2. The molecule has 3 unspecified atom stereocenters. The maximum atomic E-state index is 12.9. The molecule has 0 aromatic heterocycles. The number of benzene rings is 2. The number of piperidine rings is 2. The predicted octanol–water partition coefficient (Wildman–Crippen LogP) is 2.40. The van der Waals surface area contributed by atoms with Gasteiger partial charge in [-0.05, 0) is 35.6 Å². The van der Waals surface area contributed by atoms with Crippen LogP contribution in [0.5, 0.6) is 0 Å². The van der Waals surface area contributed by atoms with E-state index in [0.717, 1.165) is 32.5 Å². The average Bonchev–Trinajstić information content (AvgIpc) is 2.79. The number of nitrogens with zero attached hydrogens (tertiary/aromatic N) is 3. The number of carbonyl (C=O) groups is 2. The highest BCUT2D eigenvalue weighted by atomic mass is 35.5. The highest BCUT2D eigenvalue weighted by Gasteiger charge is 2.49. The van der Waals surface area contributed by atoms with Crippen LogP contribution in [0.25, 0.3) is 10.8 Å². The Hall–Kier alpha value is -2.15. The lowest BCUT2D eigenvalue weighted by Gasteiger charge is -2.52. The number of alkyl halides is 1. The molecule has 6 nitrogen and oxygen atoms in total. The van der Waals surface area contributed by atoms with Gasteiger partial charge in [0.15, 0.2) is 0 Å². The van der Waals surface area contributed by atoms with E-state index < -0.39 is 5.91 Å². The third-order valence-electron chi connectivity index (χ3n) is 7.17. The number of fused-ring (bicyclic) bond motifs is 2. The Labute approximate surface area is 188 Å². The van der Waals surface area contributed by atoms with Crippen LogP contribution in [-0.2, 0) is 16.1 Å². The number of rotatable bonds is 3. The fraction of sp³-hybridized carbons (Fsp3) is 0.500. The summed E-state index contributed by atoms with van der Waals surface area (Å²) in [6.07, 6.45) is 2.33. The van der Waals surface area contributed by atoms with Crippen molar-refractivity contribution >= 4 is 34.2 Å². The molecule has 0 saturated carbocycles. The van der Waals surface area contributed by atoms with Crippen LogP contribution >= 0.6 is 11.6 Å². The summed E-state index contributed by atoms with van der Waals surface area (Å²) >= 11 is 6.35. The minimum absolute atomic E-state index is 0.0194. The smallest absolute Gasteiger partial charge is 0.313 e. The van der Waals surface area contributed by atoms with Gasteiger partial charge in [-0.25, -0.2) is 0 Å². The summed E-state index contributed by atoms with van der Waals surface area (Å²) in [6.45, 7) is 3.39. The maximum absolute atomic E-state index is 12.9. The molecule has 0 radical (unpaired) electrons. The topological polar surface area (TPSA) is 55.9 Å². The number of nitrogens with one attached hydrogen (secondary N) is 1. The van der Waals surface area contributed by atoms with Crippen molar-refractivity contribution < 1.29 is 9.59 Å². The molecule has 2 amide bonds. The molecule has 31 heavy (non-hydrogen) atoms. The summed E-state index contributed by atoms with van der Waals surface area (Å²) in [5.41, 5.74) is 1.34. The first kappa shape index (κ1) is 20.7. The maximum Gasteiger partial charge on any atom is 0.313 e. The van der Waals surface area contributed by atoms with Gasteiger partial charge in [-0.1, -0.05) is 42.5 Å². The molecule has 0 spiro atoms. The highest BCUT2D eigenvalue weighted by Crippen LogP contribution is 2.30. The first-order valence-corrected chi connectivity index (χ1v) is 11.6. The molecule has 3 aliphatic heterocycles. The Balaban J connectivity index is 1.28. The Morgan fingerprint density at radius 3 is 2.58 bits per heavy atom. The molecule has 3 aliphatic rings. The molecule has 0 aliphatic carbocycles. The summed E-state index contributed by atoms with van der Waals surface area (Å²) < 4.78 is 0. The fourth-order valence-corrected chi connectivity index (χ4v) is 5.74. The van der Waals surface area contributed by atoms with Crippen LogP contribution in [0.15, 0.2) is 42.5 Å². The van der Waals surface area contributed by atoms with Crippen LogP contribution < -0.4 is 5.32 Å². The zero-order chi connectivity index (χ0) is 21.5. The summed E-state index contributed by atoms with van der Waals surface area (Å²) in [5, 5.41) is 5.99. The van der Waals surface area contributed by atoms with E-state index in [1.165, 1.54) is 16.3 Å². The average molecular weight is 441 g/mol. The molecule has 0 bridgehead atoms. The predicted molar refractivity (Wildman–Crippen MR) is 122 cm³/mol. The van der Waals surface area contributed by atoms with E-state index in [0.29, 0.717) is 13.0 Å². The zero-order valence-corrected chi connectivity index (χ0v) is 18.6. The van der Waals surface area contributed by atoms with Gasteiger partial charge in [0, 0.05) is 44.6 Å². The zero-order valence-electron chi connectivity index (χ0n) is 17.8. The molecule has 2 aromatic carbocycles. The highest BCUT2D eigenvalue weighted by molar-refractivity contribution is 6.35. The lowest BCUT2D eigenvalue weighted by molar-refractivity contribution is -0.167. The van der Waals surface area contributed by atoms with Gasteiger partial charge in [-0.15, -0.1) is 11.6 Å². The van der Waals surface area contributed by atoms with E-state index in [1.54, 1.807) is 11.9 Å². The lowest BCUT2D eigenvalue weighted by atomic mass is 9.93. The van der Waals surface area contributed by atoms with Gasteiger partial charge >= 0.3 is 11.8 Å². The van der Waals surface area contributed by atoms with Crippen molar-refractivity contribution in [2.24, 2.45) is 0 Å². The van der Waals surface area contributed by atoms with Gasteiger partial charge < -0.3 is 9.80 Å². The second-order valence-electron chi connectivity index (χ2n) is 9.03. The van der Waals surface area contributed by atoms with E-state index in [2.05, 4.69) is 52.7 Å². The Kier molecular flexibility index (Phi) is 5.63. The molecule has 3 fully saturated rings. The Bertz CT molecular complexity index is 985. The number of hydrogen-bond donors (Lipinski definition) is 1. The number of hydrogen-bond acceptors (Lipinski definition) is 4. The quantitative estimate of drug-likeness (QED) is 0.588. The molecule has 5 rings (SSSR count). The number of likely N-dealkylation sites (N-methyl/N-ethyl adjacent to an activating group) is 1. The van der Waals surface area contributed by atoms with E-state index in [9.17, 15) is 9.59 Å². The van der Waals surface area contributed by atoms with Gasteiger partial charge in [0.1, 0.15) is 6.17 Å². The first-order valence-electron chi connectivity index (χ1n) is 11.2. The Morgan fingerprint density at radius 1 is 1.03 bits per heavy atom. The minimum atomic E-state index is -0.410. The molecule has 2 aromatic rings. The third-order valence-corrected chi connectivity index (χ3v) is 7.50. The molecule has 7 heteroatoms. The third kappa shape index (κ3) is 3.81. The summed E-state index contributed by atoms with van der Waals surface area (Å²) in [6, 6.07) is 15.0. The largest absolute Gasteiger partial charge is 0.331 e. The summed E-state index contributed by atoms with van der Waals surface area (Å²) in [4.78, 5) is 31.4. The standard InChI is InChI=1S/C24H29ClN4O2/c1-27-21-13-18(25)14-26-22(21)29(24(31)23(27)30)19-9-11-28(12-10-19)15-17-7-4-6-16-5-2-3-8-20(16)17/h2-8,18-19,21-22,26H,9-15H2,1H3.